The molecule has 3 rings (SSSR count). The smallest absolute Gasteiger partial charge is 0.348 e. The number of Topliss-reactive ketones (excluding diaryl/α,β-unsaturated/α-hetero) is 1. The Morgan fingerprint density at radius 2 is 2.00 bits per heavy atom. The first-order valence-electron chi connectivity index (χ1n) is 9.55. The van der Waals surface area contributed by atoms with Crippen LogP contribution in [-0.2, 0) is 33.6 Å². The Balaban J connectivity index is 1.52. The van der Waals surface area contributed by atoms with Crippen LogP contribution in [0.5, 0.6) is 0 Å². The minimum Gasteiger partial charge on any atom is -0.451 e. The number of hydrogen-bond donors (Lipinski definition) is 1. The molecule has 2 aromatic rings. The zero-order valence-electron chi connectivity index (χ0n) is 16.2. The van der Waals surface area contributed by atoms with E-state index in [0.29, 0.717) is 17.2 Å². The Kier molecular flexibility index (Phi) is 6.62. The summed E-state index contributed by atoms with van der Waals surface area (Å²) in [6.45, 7) is 3.26. The van der Waals surface area contributed by atoms with Gasteiger partial charge >= 0.3 is 5.97 Å². The van der Waals surface area contributed by atoms with Crippen LogP contribution in [0.3, 0.4) is 0 Å². The molecule has 1 aliphatic rings. The molecule has 1 aromatic heterocycles. The van der Waals surface area contributed by atoms with Crippen molar-refractivity contribution in [2.45, 2.75) is 45.6 Å². The lowest BCUT2D eigenvalue weighted by Gasteiger charge is -2.16. The van der Waals surface area contributed by atoms with E-state index in [9.17, 15) is 14.4 Å². The fraction of sp³-hybridized carbons (Fsp3) is 0.409. The van der Waals surface area contributed by atoms with Gasteiger partial charge in [-0.3, -0.25) is 9.59 Å². The molecule has 1 aromatic carbocycles. The van der Waals surface area contributed by atoms with Crippen LogP contribution in [0.4, 0.5) is 0 Å². The molecule has 1 N–H and O–H groups in total. The van der Waals surface area contributed by atoms with Gasteiger partial charge in [0.2, 0.25) is 0 Å². The first kappa shape index (κ1) is 20.3. The summed E-state index contributed by atoms with van der Waals surface area (Å²) in [5.74, 6) is -0.461. The van der Waals surface area contributed by atoms with Crippen molar-refractivity contribution in [2.24, 2.45) is 5.92 Å². The third-order valence-electron chi connectivity index (χ3n) is 4.97. The molecule has 148 valence electrons. The van der Waals surface area contributed by atoms with Crippen LogP contribution >= 0.6 is 11.3 Å². The molecule has 1 aliphatic carbocycles. The first-order chi connectivity index (χ1) is 13.4. The van der Waals surface area contributed by atoms with Gasteiger partial charge in [0.25, 0.3) is 5.91 Å². The van der Waals surface area contributed by atoms with Crippen LogP contribution in [0.1, 0.15) is 45.9 Å². The molecule has 5 nitrogen and oxygen atoms in total. The minimum atomic E-state index is -0.635. The van der Waals surface area contributed by atoms with E-state index in [1.54, 1.807) is 0 Å². The zero-order chi connectivity index (χ0) is 20.1. The van der Waals surface area contributed by atoms with Crippen molar-refractivity contribution in [3.8, 4) is 0 Å². The number of benzene rings is 1. The van der Waals surface area contributed by atoms with Crippen LogP contribution in [0, 0.1) is 5.92 Å². The summed E-state index contributed by atoms with van der Waals surface area (Å²) < 4.78 is 5.17. The Labute approximate surface area is 169 Å². The number of ketones is 1. The highest BCUT2D eigenvalue weighted by Gasteiger charge is 2.23. The highest BCUT2D eigenvalue weighted by Crippen LogP contribution is 2.32. The van der Waals surface area contributed by atoms with E-state index >= 15 is 0 Å². The predicted octanol–water partition coefficient (Wildman–Crippen LogP) is 3.35. The molecule has 0 bridgehead atoms. The summed E-state index contributed by atoms with van der Waals surface area (Å²) in [4.78, 5) is 38.1. The van der Waals surface area contributed by atoms with Crippen molar-refractivity contribution in [1.29, 1.82) is 0 Å². The number of hydrogen-bond acceptors (Lipinski definition) is 5. The lowest BCUT2D eigenvalue weighted by molar-refractivity contribution is -0.128. The molecule has 0 saturated heterocycles. The first-order valence-corrected chi connectivity index (χ1v) is 10.4. The molecule has 0 spiro atoms. The Hall–Kier alpha value is -2.47. The van der Waals surface area contributed by atoms with Gasteiger partial charge in [-0.2, -0.15) is 0 Å². The van der Waals surface area contributed by atoms with Gasteiger partial charge in [-0.15, -0.1) is 11.3 Å². The largest absolute Gasteiger partial charge is 0.451 e. The average Bonchev–Trinajstić information content (AvgIpc) is 3.09. The summed E-state index contributed by atoms with van der Waals surface area (Å²) in [7, 11) is 0. The van der Waals surface area contributed by atoms with E-state index in [2.05, 4.69) is 12.2 Å². The van der Waals surface area contributed by atoms with E-state index in [0.717, 1.165) is 24.8 Å². The number of fused-ring (bicyclic) bond motifs is 1. The number of rotatable bonds is 7. The molecule has 28 heavy (non-hydrogen) atoms. The number of carbonyl (C=O) groups is 3. The minimum absolute atomic E-state index is 0.136. The van der Waals surface area contributed by atoms with Gasteiger partial charge in [0, 0.05) is 4.88 Å². The van der Waals surface area contributed by atoms with Gasteiger partial charge in [-0.25, -0.2) is 4.79 Å². The number of thiophene rings is 1. The summed E-state index contributed by atoms with van der Waals surface area (Å²) in [6.07, 6.45) is 3.53. The van der Waals surface area contributed by atoms with Gasteiger partial charge in [-0.05, 0) is 55.7 Å². The second-order valence-corrected chi connectivity index (χ2v) is 8.54. The summed E-state index contributed by atoms with van der Waals surface area (Å²) in [5.41, 5.74) is 2.18. The van der Waals surface area contributed by atoms with Crippen LogP contribution in [-0.4, -0.2) is 30.3 Å². The predicted molar refractivity (Wildman–Crippen MR) is 109 cm³/mol. The van der Waals surface area contributed by atoms with Crippen LogP contribution in [0.25, 0.3) is 0 Å². The lowest BCUT2D eigenvalue weighted by atomic mass is 9.90. The second kappa shape index (κ2) is 9.15. The van der Waals surface area contributed by atoms with E-state index in [4.69, 9.17) is 4.74 Å². The van der Waals surface area contributed by atoms with E-state index in [-0.39, 0.29) is 5.78 Å². The fourth-order valence-corrected chi connectivity index (χ4v) is 4.49. The fourth-order valence-electron chi connectivity index (χ4n) is 3.39. The third-order valence-corrected chi connectivity index (χ3v) is 6.19. The third kappa shape index (κ3) is 5.29. The number of ether oxygens (including phenoxy) is 1. The molecule has 0 aliphatic heterocycles. The highest BCUT2D eigenvalue weighted by atomic mass is 32.1. The average molecular weight is 400 g/mol. The van der Waals surface area contributed by atoms with Gasteiger partial charge < -0.3 is 10.1 Å². The van der Waals surface area contributed by atoms with Crippen molar-refractivity contribution in [3.05, 3.63) is 57.3 Å². The van der Waals surface area contributed by atoms with E-state index < -0.39 is 24.5 Å². The SMILES string of the molecule is CC(=O)[C@@H](Cc1ccccc1)NC(=O)COC(=O)c1cc2c(s1)CC[C@@H](C)C2. The molecule has 6 heteroatoms. The van der Waals surface area contributed by atoms with Crippen molar-refractivity contribution in [1.82, 2.24) is 5.32 Å². The van der Waals surface area contributed by atoms with Crippen LogP contribution in [0.2, 0.25) is 0 Å². The quantitative estimate of drug-likeness (QED) is 0.725. The lowest BCUT2D eigenvalue weighted by Crippen LogP contribution is -2.43. The molecular formula is C22H25NO4S. The van der Waals surface area contributed by atoms with Crippen molar-refractivity contribution in [3.63, 3.8) is 0 Å². The number of nitrogens with one attached hydrogen (secondary N) is 1. The Morgan fingerprint density at radius 1 is 1.25 bits per heavy atom. The molecule has 1 heterocycles. The summed E-state index contributed by atoms with van der Waals surface area (Å²) in [5, 5.41) is 2.66. The van der Waals surface area contributed by atoms with E-state index in [1.165, 1.54) is 28.7 Å². The normalized spacial score (nSPS) is 16.7. The highest BCUT2D eigenvalue weighted by molar-refractivity contribution is 7.14. The Bertz CT molecular complexity index is 859. The maximum absolute atomic E-state index is 12.3. The monoisotopic (exact) mass is 399 g/mol. The topological polar surface area (TPSA) is 72.5 Å². The van der Waals surface area contributed by atoms with Gasteiger partial charge in [0.15, 0.2) is 12.4 Å². The van der Waals surface area contributed by atoms with Crippen LogP contribution in [0.15, 0.2) is 36.4 Å². The van der Waals surface area contributed by atoms with Gasteiger partial charge in [0.1, 0.15) is 4.88 Å². The Morgan fingerprint density at radius 3 is 2.71 bits per heavy atom. The summed E-state index contributed by atoms with van der Waals surface area (Å²) >= 11 is 1.46. The standard InChI is InChI=1S/C22H25NO4S/c1-14-8-9-19-17(10-14)12-20(28-19)22(26)27-13-21(25)23-18(15(2)24)11-16-6-4-3-5-7-16/h3-7,12,14,18H,8-11,13H2,1-2H3,(H,23,25)/t14-,18-/m1/s1. The summed E-state index contributed by atoms with van der Waals surface area (Å²) in [6, 6.07) is 10.7. The molecule has 1 amide bonds. The maximum atomic E-state index is 12.3. The molecule has 2 atom stereocenters. The number of aryl methyl sites for hydroxylation is 1. The van der Waals surface area contributed by atoms with Crippen molar-refractivity contribution < 1.29 is 19.1 Å². The molecular weight excluding hydrogens is 374 g/mol. The second-order valence-electron chi connectivity index (χ2n) is 7.40. The maximum Gasteiger partial charge on any atom is 0.348 e. The van der Waals surface area contributed by atoms with Crippen molar-refractivity contribution in [2.75, 3.05) is 6.61 Å². The number of esters is 1. The number of carbonyl (C=O) groups excluding carboxylic acids is 3. The van der Waals surface area contributed by atoms with Crippen molar-refractivity contribution >= 4 is 29.0 Å². The molecule has 0 fully saturated rings. The number of amides is 1. The van der Waals surface area contributed by atoms with Crippen LogP contribution < -0.4 is 5.32 Å². The van der Waals surface area contributed by atoms with Gasteiger partial charge in [-0.1, -0.05) is 37.3 Å². The molecule has 0 radical (unpaired) electrons. The zero-order valence-corrected chi connectivity index (χ0v) is 17.0. The van der Waals surface area contributed by atoms with E-state index in [1.807, 2.05) is 36.4 Å². The van der Waals surface area contributed by atoms with Gasteiger partial charge in [0.05, 0.1) is 6.04 Å². The molecule has 0 saturated carbocycles. The molecule has 0 unspecified atom stereocenters.